The Kier molecular flexibility index (Phi) is 8.50. The van der Waals surface area contributed by atoms with Crippen LogP contribution in [0.25, 0.3) is 17.0 Å². The Morgan fingerprint density at radius 2 is 1.78 bits per heavy atom. The third-order valence-corrected chi connectivity index (χ3v) is 9.85. The fourth-order valence-electron chi connectivity index (χ4n) is 7.05. The molecule has 0 aliphatic carbocycles. The Bertz CT molecular complexity index is 2010. The van der Waals surface area contributed by atoms with E-state index < -0.39 is 17.3 Å². The van der Waals surface area contributed by atoms with Crippen LogP contribution in [0.5, 0.6) is 0 Å². The zero-order valence-corrected chi connectivity index (χ0v) is 27.3. The molecule has 11 nitrogen and oxygen atoms in total. The topological polar surface area (TPSA) is 146 Å². The molecule has 3 aliphatic heterocycles. The predicted molar refractivity (Wildman–Crippen MR) is 180 cm³/mol. The molecule has 1 spiro atoms. The Balaban J connectivity index is 0.966. The lowest BCUT2D eigenvalue weighted by molar-refractivity contribution is -0.141. The number of carbonyl (C=O) groups excluding carboxylic acids is 2. The highest BCUT2D eigenvalue weighted by molar-refractivity contribution is 6.14. The van der Waals surface area contributed by atoms with E-state index in [4.69, 9.17) is 15.6 Å². The van der Waals surface area contributed by atoms with E-state index in [1.54, 1.807) is 30.0 Å². The van der Waals surface area contributed by atoms with Crippen LogP contribution in [-0.4, -0.2) is 81.8 Å². The maximum absolute atomic E-state index is 13.9. The Labute approximate surface area is 286 Å². The van der Waals surface area contributed by atoms with Gasteiger partial charge in [-0.05, 0) is 79.4 Å². The molecule has 2 aromatic carbocycles. The van der Waals surface area contributed by atoms with Crippen LogP contribution in [0.15, 0.2) is 71.3 Å². The third-order valence-electron chi connectivity index (χ3n) is 9.85. The minimum Gasteiger partial charge on any atom is -0.421 e. The number of hydrogen-bond acceptors (Lipinski definition) is 9. The minimum atomic E-state index is -4.65. The first kappa shape index (κ1) is 33.1. The number of benzene rings is 2. The first-order chi connectivity index (χ1) is 23.9. The molecule has 3 N–H and O–H groups in total. The number of amides is 2. The summed E-state index contributed by atoms with van der Waals surface area (Å²) < 4.78 is 45.3. The quantitative estimate of drug-likeness (QED) is 0.200. The highest BCUT2D eigenvalue weighted by Crippen LogP contribution is 2.43. The number of nitrogens with one attached hydrogen (secondary N) is 1. The summed E-state index contributed by atoms with van der Waals surface area (Å²) in [5, 5.41) is 16.6. The Morgan fingerprint density at radius 1 is 1.02 bits per heavy atom. The van der Waals surface area contributed by atoms with Crippen LogP contribution in [0.2, 0.25) is 0 Å². The van der Waals surface area contributed by atoms with E-state index in [2.05, 4.69) is 21.3 Å². The van der Waals surface area contributed by atoms with Crippen molar-refractivity contribution in [3.63, 3.8) is 0 Å². The zero-order valence-electron chi connectivity index (χ0n) is 27.3. The molecule has 14 heteroatoms. The molecule has 3 aliphatic rings. The number of halogens is 3. The third kappa shape index (κ3) is 6.38. The van der Waals surface area contributed by atoms with Crippen LogP contribution in [0.1, 0.15) is 47.5 Å². The van der Waals surface area contributed by atoms with Crippen LogP contribution < -0.4 is 10.6 Å². The summed E-state index contributed by atoms with van der Waals surface area (Å²) in [6.07, 6.45) is 0.396. The van der Waals surface area contributed by atoms with E-state index in [-0.39, 0.29) is 40.9 Å². The van der Waals surface area contributed by atoms with E-state index in [1.165, 1.54) is 11.6 Å². The van der Waals surface area contributed by atoms with Crippen molar-refractivity contribution >= 4 is 34.5 Å². The number of rotatable bonds is 7. The summed E-state index contributed by atoms with van der Waals surface area (Å²) in [7, 11) is 0. The lowest BCUT2D eigenvalue weighted by atomic mass is 9.85. The van der Waals surface area contributed by atoms with Crippen LogP contribution in [-0.2, 0) is 15.8 Å². The molecule has 2 saturated heterocycles. The number of alkyl halides is 3. The van der Waals surface area contributed by atoms with E-state index >= 15 is 0 Å². The van der Waals surface area contributed by atoms with Gasteiger partial charge in [0.1, 0.15) is 5.69 Å². The zero-order chi connectivity index (χ0) is 35.2. The molecule has 0 radical (unpaired) electrons. The van der Waals surface area contributed by atoms with Crippen LogP contribution in [0.3, 0.4) is 0 Å². The molecule has 5 heterocycles. The second-order valence-corrected chi connectivity index (χ2v) is 13.0. The summed E-state index contributed by atoms with van der Waals surface area (Å²) in [5.74, 6) is 0.943. The predicted octanol–water partition coefficient (Wildman–Crippen LogP) is 5.20. The van der Waals surface area contributed by atoms with Crippen molar-refractivity contribution in [2.45, 2.75) is 32.4 Å². The van der Waals surface area contributed by atoms with Crippen molar-refractivity contribution in [3.05, 3.63) is 95.1 Å². The van der Waals surface area contributed by atoms with Crippen molar-refractivity contribution in [1.82, 2.24) is 25.0 Å². The largest absolute Gasteiger partial charge is 0.433 e. The van der Waals surface area contributed by atoms with Crippen LogP contribution >= 0.6 is 0 Å². The smallest absolute Gasteiger partial charge is 0.421 e. The highest BCUT2D eigenvalue weighted by atomic mass is 19.4. The normalized spacial score (nSPS) is 19.8. The molecule has 0 bridgehead atoms. The summed E-state index contributed by atoms with van der Waals surface area (Å²) in [4.78, 5) is 36.2. The fourth-order valence-corrected chi connectivity index (χ4v) is 7.05. The average molecular weight is 685 g/mol. The SMILES string of the molecule is Cc1nnc(-c2ccc(C3=CCN(C(=O)CN4CC[C@]5(CCN(c6ccc(N)c(C(=N)c7ccnc(C(F)(F)F)c7)c6)C5=O)C4)CC3)cc2)o1. The maximum atomic E-state index is 13.9. The molecule has 4 aromatic rings. The molecule has 50 heavy (non-hydrogen) atoms. The standard InChI is InChI=1S/C36H35F3N8O3/c1-22-43-44-33(50-22)25-4-2-23(3-5-25)24-9-14-46(15-10-24)31(48)20-45-16-11-35(21-45)12-17-47(34(35)49)27-6-7-29(40)28(19-27)32(41)26-8-13-42-30(18-26)36(37,38)39/h2-9,13,18-19,41H,10-12,14-17,20-21,40H2,1H3/t35-/m0/s1. The van der Waals surface area contributed by atoms with E-state index in [1.807, 2.05) is 34.1 Å². The number of hydrogen-bond donors (Lipinski definition) is 2. The minimum absolute atomic E-state index is 0.0162. The molecule has 0 saturated carbocycles. The number of aromatic nitrogens is 3. The second-order valence-electron chi connectivity index (χ2n) is 13.0. The number of nitrogens with two attached hydrogens (primary N) is 1. The lowest BCUT2D eigenvalue weighted by Crippen LogP contribution is -2.43. The molecular formula is C36H35F3N8O3. The van der Waals surface area contributed by atoms with E-state index in [9.17, 15) is 22.8 Å². The van der Waals surface area contributed by atoms with Crippen LogP contribution in [0.4, 0.5) is 24.5 Å². The molecule has 7 rings (SSSR count). The summed E-state index contributed by atoms with van der Waals surface area (Å²) >= 11 is 0. The summed E-state index contributed by atoms with van der Waals surface area (Å²) in [6.45, 7) is 4.62. The monoisotopic (exact) mass is 684 g/mol. The maximum Gasteiger partial charge on any atom is 0.433 e. The first-order valence-electron chi connectivity index (χ1n) is 16.3. The van der Waals surface area contributed by atoms with Gasteiger partial charge < -0.3 is 20.0 Å². The van der Waals surface area contributed by atoms with Crippen molar-refractivity contribution in [3.8, 4) is 11.5 Å². The van der Waals surface area contributed by atoms with Gasteiger partial charge in [0.2, 0.25) is 23.6 Å². The molecule has 2 fully saturated rings. The molecule has 258 valence electrons. The highest BCUT2D eigenvalue weighted by Gasteiger charge is 2.51. The number of nitrogens with zero attached hydrogens (tertiary/aromatic N) is 6. The van der Waals surface area contributed by atoms with Gasteiger partial charge in [0.25, 0.3) is 0 Å². The molecule has 0 unspecified atom stereocenters. The van der Waals surface area contributed by atoms with Gasteiger partial charge in [0, 0.05) is 67.4 Å². The number of aryl methyl sites for hydroxylation is 1. The van der Waals surface area contributed by atoms with Gasteiger partial charge in [-0.25, -0.2) is 0 Å². The molecular weight excluding hydrogens is 649 g/mol. The van der Waals surface area contributed by atoms with Gasteiger partial charge >= 0.3 is 6.18 Å². The van der Waals surface area contributed by atoms with Gasteiger partial charge in [0.05, 0.1) is 17.7 Å². The van der Waals surface area contributed by atoms with Gasteiger partial charge in [-0.15, -0.1) is 10.2 Å². The average Bonchev–Trinajstić information content (AvgIpc) is 3.83. The van der Waals surface area contributed by atoms with Gasteiger partial charge in [-0.1, -0.05) is 18.2 Å². The van der Waals surface area contributed by atoms with Crippen LogP contribution in [0, 0.1) is 17.7 Å². The van der Waals surface area contributed by atoms with E-state index in [0.717, 1.165) is 29.8 Å². The van der Waals surface area contributed by atoms with Gasteiger partial charge in [-0.3, -0.25) is 24.9 Å². The van der Waals surface area contributed by atoms with Crippen molar-refractivity contribution in [2.24, 2.45) is 5.41 Å². The Hall–Kier alpha value is -5.37. The molecule has 1 atom stereocenters. The fraction of sp³-hybridized carbons (Fsp3) is 0.333. The lowest BCUT2D eigenvalue weighted by Gasteiger charge is -2.29. The number of nitrogen functional groups attached to an aromatic ring is 1. The molecule has 2 amide bonds. The number of likely N-dealkylation sites (tertiary alicyclic amines) is 1. The number of anilines is 2. The van der Waals surface area contributed by atoms with E-state index in [0.29, 0.717) is 63.0 Å². The summed E-state index contributed by atoms with van der Waals surface area (Å²) in [6, 6.07) is 14.9. The number of carbonyl (C=O) groups is 2. The molecule has 2 aromatic heterocycles. The van der Waals surface area contributed by atoms with Crippen molar-refractivity contribution in [1.29, 1.82) is 5.41 Å². The number of pyridine rings is 1. The first-order valence-corrected chi connectivity index (χ1v) is 16.3. The second kappa shape index (κ2) is 12.8. The Morgan fingerprint density at radius 3 is 2.48 bits per heavy atom. The van der Waals surface area contributed by atoms with Crippen molar-refractivity contribution < 1.29 is 27.2 Å². The van der Waals surface area contributed by atoms with Gasteiger partial charge in [-0.2, -0.15) is 13.2 Å². The summed E-state index contributed by atoms with van der Waals surface area (Å²) in [5.41, 5.74) is 8.30. The van der Waals surface area contributed by atoms with Gasteiger partial charge in [0.15, 0.2) is 0 Å². The van der Waals surface area contributed by atoms with Crippen molar-refractivity contribution in [2.75, 3.05) is 49.9 Å².